The summed E-state index contributed by atoms with van der Waals surface area (Å²) in [4.78, 5) is 16.3. The number of rotatable bonds is 3. The molecule has 4 nitrogen and oxygen atoms in total. The number of halogens is 1. The van der Waals surface area contributed by atoms with Gasteiger partial charge in [-0.3, -0.25) is 4.79 Å². The second-order valence-corrected chi connectivity index (χ2v) is 5.20. The monoisotopic (exact) mass is 300 g/mol. The number of fused-ring (bicyclic) bond motifs is 1. The summed E-state index contributed by atoms with van der Waals surface area (Å²) in [5.74, 6) is 0.532. The van der Waals surface area contributed by atoms with Gasteiger partial charge in [-0.1, -0.05) is 17.7 Å². The van der Waals surface area contributed by atoms with E-state index in [1.165, 1.54) is 0 Å². The Morgan fingerprint density at radius 1 is 1.24 bits per heavy atom. The van der Waals surface area contributed by atoms with Crippen LogP contribution in [-0.4, -0.2) is 10.9 Å². The Hall–Kier alpha value is -2.33. The molecule has 0 saturated heterocycles. The van der Waals surface area contributed by atoms with E-state index in [2.05, 4.69) is 10.3 Å². The van der Waals surface area contributed by atoms with Crippen molar-refractivity contribution in [2.75, 3.05) is 5.32 Å². The van der Waals surface area contributed by atoms with E-state index in [-0.39, 0.29) is 12.3 Å². The molecule has 0 atom stereocenters. The van der Waals surface area contributed by atoms with Gasteiger partial charge in [0.25, 0.3) is 0 Å². The maximum atomic E-state index is 12.0. The second-order valence-electron chi connectivity index (χ2n) is 4.77. The zero-order valence-electron chi connectivity index (χ0n) is 11.4. The summed E-state index contributed by atoms with van der Waals surface area (Å²) >= 11 is 5.81. The Labute approximate surface area is 126 Å². The number of oxazole rings is 1. The molecule has 0 aliphatic rings. The first-order chi connectivity index (χ1) is 10.1. The number of amides is 1. The highest BCUT2D eigenvalue weighted by molar-refractivity contribution is 6.30. The van der Waals surface area contributed by atoms with Crippen molar-refractivity contribution in [2.24, 2.45) is 0 Å². The third-order valence-electron chi connectivity index (χ3n) is 3.05. The van der Waals surface area contributed by atoms with Crippen molar-refractivity contribution in [2.45, 2.75) is 13.3 Å². The molecule has 3 aromatic rings. The fraction of sp³-hybridized carbons (Fsp3) is 0.125. The SMILES string of the molecule is Cc1nc2cc(CC(=O)Nc3ccc(Cl)cc3)ccc2o1. The first-order valence-electron chi connectivity index (χ1n) is 6.52. The smallest absolute Gasteiger partial charge is 0.228 e. The molecule has 106 valence electrons. The first kappa shape index (κ1) is 13.6. The molecule has 0 unspecified atom stereocenters. The van der Waals surface area contributed by atoms with E-state index in [1.807, 2.05) is 18.2 Å². The molecule has 1 N–H and O–H groups in total. The lowest BCUT2D eigenvalue weighted by molar-refractivity contribution is -0.115. The largest absolute Gasteiger partial charge is 0.441 e. The van der Waals surface area contributed by atoms with E-state index in [0.29, 0.717) is 10.9 Å². The van der Waals surface area contributed by atoms with E-state index < -0.39 is 0 Å². The molecule has 2 aromatic carbocycles. The number of aromatic nitrogens is 1. The minimum Gasteiger partial charge on any atom is -0.441 e. The summed E-state index contributed by atoms with van der Waals surface area (Å²) in [5, 5.41) is 3.47. The van der Waals surface area contributed by atoms with Gasteiger partial charge in [0.1, 0.15) is 5.52 Å². The lowest BCUT2D eigenvalue weighted by Gasteiger charge is -2.05. The maximum Gasteiger partial charge on any atom is 0.228 e. The number of benzene rings is 2. The van der Waals surface area contributed by atoms with Crippen LogP contribution in [0.5, 0.6) is 0 Å². The van der Waals surface area contributed by atoms with Gasteiger partial charge in [0.15, 0.2) is 11.5 Å². The van der Waals surface area contributed by atoms with Crippen LogP contribution in [0.25, 0.3) is 11.1 Å². The molecule has 0 aliphatic heterocycles. The van der Waals surface area contributed by atoms with Gasteiger partial charge in [0.05, 0.1) is 6.42 Å². The Balaban J connectivity index is 1.71. The number of carbonyl (C=O) groups is 1. The molecule has 21 heavy (non-hydrogen) atoms. The fourth-order valence-electron chi connectivity index (χ4n) is 2.12. The van der Waals surface area contributed by atoms with Gasteiger partial charge in [0.2, 0.25) is 5.91 Å². The van der Waals surface area contributed by atoms with Crippen molar-refractivity contribution >= 4 is 34.3 Å². The predicted octanol–water partition coefficient (Wildman–Crippen LogP) is 3.97. The number of hydrogen-bond acceptors (Lipinski definition) is 3. The molecule has 0 bridgehead atoms. The molecule has 0 aliphatic carbocycles. The molecule has 0 saturated carbocycles. The lowest BCUT2D eigenvalue weighted by atomic mass is 10.1. The van der Waals surface area contributed by atoms with Crippen molar-refractivity contribution in [3.63, 3.8) is 0 Å². The topological polar surface area (TPSA) is 55.1 Å². The molecule has 1 heterocycles. The Morgan fingerprint density at radius 3 is 2.76 bits per heavy atom. The second kappa shape index (κ2) is 5.58. The van der Waals surface area contributed by atoms with E-state index in [4.69, 9.17) is 16.0 Å². The number of aryl methyl sites for hydroxylation is 1. The van der Waals surface area contributed by atoms with Crippen LogP contribution in [0.3, 0.4) is 0 Å². The molecular weight excluding hydrogens is 288 g/mol. The molecule has 1 aromatic heterocycles. The average molecular weight is 301 g/mol. The number of hydrogen-bond donors (Lipinski definition) is 1. The zero-order chi connectivity index (χ0) is 14.8. The Kier molecular flexibility index (Phi) is 3.62. The highest BCUT2D eigenvalue weighted by Gasteiger charge is 2.07. The van der Waals surface area contributed by atoms with Crippen LogP contribution >= 0.6 is 11.6 Å². The van der Waals surface area contributed by atoms with Crippen LogP contribution in [0, 0.1) is 6.92 Å². The van der Waals surface area contributed by atoms with Crippen LogP contribution in [0.15, 0.2) is 46.9 Å². The van der Waals surface area contributed by atoms with Gasteiger partial charge in [-0.05, 0) is 42.0 Å². The third kappa shape index (κ3) is 3.23. The maximum absolute atomic E-state index is 12.0. The third-order valence-corrected chi connectivity index (χ3v) is 3.30. The summed E-state index contributed by atoms with van der Waals surface area (Å²) in [6.07, 6.45) is 0.282. The van der Waals surface area contributed by atoms with Crippen molar-refractivity contribution in [1.29, 1.82) is 0 Å². The van der Waals surface area contributed by atoms with Gasteiger partial charge in [-0.15, -0.1) is 0 Å². The lowest BCUT2D eigenvalue weighted by Crippen LogP contribution is -2.14. The number of nitrogens with one attached hydrogen (secondary N) is 1. The van der Waals surface area contributed by atoms with Crippen LogP contribution in [0.2, 0.25) is 5.02 Å². The van der Waals surface area contributed by atoms with Crippen LogP contribution in [0.4, 0.5) is 5.69 Å². The summed E-state index contributed by atoms with van der Waals surface area (Å²) in [6.45, 7) is 1.80. The Morgan fingerprint density at radius 2 is 2.00 bits per heavy atom. The molecule has 1 amide bonds. The zero-order valence-corrected chi connectivity index (χ0v) is 12.1. The predicted molar refractivity (Wildman–Crippen MR) is 82.5 cm³/mol. The van der Waals surface area contributed by atoms with E-state index in [9.17, 15) is 4.79 Å². The summed E-state index contributed by atoms with van der Waals surface area (Å²) in [5.41, 5.74) is 3.11. The molecule has 0 fully saturated rings. The van der Waals surface area contributed by atoms with Gasteiger partial charge in [-0.25, -0.2) is 4.98 Å². The summed E-state index contributed by atoms with van der Waals surface area (Å²) < 4.78 is 5.41. The van der Waals surface area contributed by atoms with Gasteiger partial charge in [-0.2, -0.15) is 0 Å². The summed E-state index contributed by atoms with van der Waals surface area (Å²) in [7, 11) is 0. The quantitative estimate of drug-likeness (QED) is 0.796. The van der Waals surface area contributed by atoms with Crippen molar-refractivity contribution in [3.8, 4) is 0 Å². The van der Waals surface area contributed by atoms with Crippen molar-refractivity contribution in [1.82, 2.24) is 4.98 Å². The minimum atomic E-state index is -0.0862. The summed E-state index contributed by atoms with van der Waals surface area (Å²) in [6, 6.07) is 12.6. The molecule has 5 heteroatoms. The highest BCUT2D eigenvalue weighted by Crippen LogP contribution is 2.18. The van der Waals surface area contributed by atoms with Gasteiger partial charge < -0.3 is 9.73 Å². The highest BCUT2D eigenvalue weighted by atomic mass is 35.5. The Bertz CT molecular complexity index is 794. The minimum absolute atomic E-state index is 0.0862. The molecule has 0 spiro atoms. The number of carbonyl (C=O) groups excluding carboxylic acids is 1. The van der Waals surface area contributed by atoms with E-state index in [1.54, 1.807) is 31.2 Å². The molecule has 0 radical (unpaired) electrons. The van der Waals surface area contributed by atoms with Gasteiger partial charge in [0, 0.05) is 17.6 Å². The average Bonchev–Trinajstić information content (AvgIpc) is 2.80. The standard InChI is InChI=1S/C16H13ClN2O2/c1-10-18-14-8-11(2-7-15(14)21-10)9-16(20)19-13-5-3-12(17)4-6-13/h2-8H,9H2,1H3,(H,19,20). The van der Waals surface area contributed by atoms with E-state index >= 15 is 0 Å². The van der Waals surface area contributed by atoms with Crippen LogP contribution < -0.4 is 5.32 Å². The van der Waals surface area contributed by atoms with Crippen LogP contribution in [-0.2, 0) is 11.2 Å². The first-order valence-corrected chi connectivity index (χ1v) is 6.89. The normalized spacial score (nSPS) is 10.8. The number of anilines is 1. The molecule has 3 rings (SSSR count). The number of nitrogens with zero attached hydrogens (tertiary/aromatic N) is 1. The van der Waals surface area contributed by atoms with Crippen molar-refractivity contribution < 1.29 is 9.21 Å². The molecular formula is C16H13ClN2O2. The van der Waals surface area contributed by atoms with E-state index in [0.717, 1.165) is 22.4 Å². The van der Waals surface area contributed by atoms with Crippen LogP contribution in [0.1, 0.15) is 11.5 Å². The fourth-order valence-corrected chi connectivity index (χ4v) is 2.25. The van der Waals surface area contributed by atoms with Crippen molar-refractivity contribution in [3.05, 3.63) is 58.9 Å². The van der Waals surface area contributed by atoms with Gasteiger partial charge >= 0.3 is 0 Å².